The predicted octanol–water partition coefficient (Wildman–Crippen LogP) is 5.37. The third-order valence-electron chi connectivity index (χ3n) is 4.54. The number of para-hydroxylation sites is 1. The quantitative estimate of drug-likeness (QED) is 0.322. The van der Waals surface area contributed by atoms with Crippen LogP contribution in [-0.4, -0.2) is 34.9 Å². The summed E-state index contributed by atoms with van der Waals surface area (Å²) in [6.45, 7) is 7.72. The summed E-state index contributed by atoms with van der Waals surface area (Å²) in [6, 6.07) is 13.9. The summed E-state index contributed by atoms with van der Waals surface area (Å²) in [7, 11) is 0. The highest BCUT2D eigenvalue weighted by atomic mass is 32.2. The summed E-state index contributed by atoms with van der Waals surface area (Å²) in [5.41, 5.74) is 3.19. The van der Waals surface area contributed by atoms with Gasteiger partial charge in [-0.1, -0.05) is 54.3 Å². The Morgan fingerprint density at radius 3 is 2.52 bits per heavy atom. The van der Waals surface area contributed by atoms with Gasteiger partial charge in [-0.15, -0.1) is 0 Å². The number of hydrogen-bond acceptors (Lipinski definition) is 5. The molecule has 0 unspecified atom stereocenters. The van der Waals surface area contributed by atoms with Gasteiger partial charge in [-0.25, -0.2) is 0 Å². The van der Waals surface area contributed by atoms with E-state index in [0.29, 0.717) is 29.0 Å². The second-order valence-corrected chi connectivity index (χ2v) is 8.46. The van der Waals surface area contributed by atoms with E-state index in [1.54, 1.807) is 4.90 Å². The molecule has 0 saturated carbocycles. The highest BCUT2D eigenvalue weighted by Crippen LogP contribution is 2.34. The third-order valence-corrected chi connectivity index (χ3v) is 5.92. The van der Waals surface area contributed by atoms with Crippen LogP contribution in [0.3, 0.4) is 0 Å². The van der Waals surface area contributed by atoms with E-state index in [4.69, 9.17) is 21.7 Å². The summed E-state index contributed by atoms with van der Waals surface area (Å²) in [4.78, 5) is 14.7. The number of aryl methyl sites for hydroxylation is 2. The van der Waals surface area contributed by atoms with Gasteiger partial charge in [0.25, 0.3) is 5.91 Å². The first-order valence-corrected chi connectivity index (χ1v) is 10.9. The number of carbonyl (C=O) groups is 1. The van der Waals surface area contributed by atoms with Gasteiger partial charge < -0.3 is 9.47 Å². The molecule has 0 aromatic heterocycles. The molecule has 1 aliphatic heterocycles. The molecule has 6 heteroatoms. The number of amides is 1. The third kappa shape index (κ3) is 5.40. The Morgan fingerprint density at radius 2 is 1.79 bits per heavy atom. The van der Waals surface area contributed by atoms with Gasteiger partial charge in [0.15, 0.2) is 0 Å². The standard InChI is InChI=1S/C23H25NO3S2/c1-4-24-22(25)21(29-23(24)28)15-18-8-5-6-9-19(18)26-12-7-13-27-20-14-16(2)10-11-17(20)3/h5-6,8-11,14-15H,4,7,12-13H2,1-3H3. The monoisotopic (exact) mass is 427 g/mol. The van der Waals surface area contributed by atoms with Crippen molar-refractivity contribution in [1.29, 1.82) is 0 Å². The van der Waals surface area contributed by atoms with Crippen LogP contribution in [0.5, 0.6) is 11.5 Å². The number of rotatable bonds is 8. The number of nitrogens with zero attached hydrogens (tertiary/aromatic N) is 1. The number of thioether (sulfide) groups is 1. The fourth-order valence-electron chi connectivity index (χ4n) is 2.93. The Balaban J connectivity index is 1.57. The average molecular weight is 428 g/mol. The fraction of sp³-hybridized carbons (Fsp3) is 0.304. The molecular weight excluding hydrogens is 402 g/mol. The van der Waals surface area contributed by atoms with Gasteiger partial charge in [0, 0.05) is 18.5 Å². The molecule has 2 aromatic carbocycles. The minimum atomic E-state index is -0.0424. The van der Waals surface area contributed by atoms with Crippen LogP contribution >= 0.6 is 24.0 Å². The maximum atomic E-state index is 12.4. The van der Waals surface area contributed by atoms with Gasteiger partial charge in [-0.05, 0) is 50.1 Å². The Kier molecular flexibility index (Phi) is 7.34. The first-order valence-electron chi connectivity index (χ1n) is 9.67. The topological polar surface area (TPSA) is 38.8 Å². The molecule has 1 fully saturated rings. The second kappa shape index (κ2) is 9.94. The minimum Gasteiger partial charge on any atom is -0.493 e. The van der Waals surface area contributed by atoms with Crippen LogP contribution in [0, 0.1) is 13.8 Å². The molecule has 1 heterocycles. The van der Waals surface area contributed by atoms with E-state index < -0.39 is 0 Å². The molecule has 3 rings (SSSR count). The molecule has 0 N–H and O–H groups in total. The van der Waals surface area contributed by atoms with Gasteiger partial charge in [0.05, 0.1) is 18.1 Å². The Morgan fingerprint density at radius 1 is 1.07 bits per heavy atom. The Bertz CT molecular complexity index is 939. The van der Waals surface area contributed by atoms with Crippen molar-refractivity contribution in [3.05, 3.63) is 64.1 Å². The van der Waals surface area contributed by atoms with Crippen molar-refractivity contribution in [3.8, 4) is 11.5 Å². The van der Waals surface area contributed by atoms with Crippen molar-refractivity contribution in [3.63, 3.8) is 0 Å². The second-order valence-electron chi connectivity index (χ2n) is 6.78. The molecule has 152 valence electrons. The lowest BCUT2D eigenvalue weighted by Gasteiger charge is -2.12. The SMILES string of the molecule is CCN1C(=O)C(=Cc2ccccc2OCCCOc2cc(C)ccc2C)SC1=S. The normalized spacial score (nSPS) is 15.3. The van der Waals surface area contributed by atoms with Crippen molar-refractivity contribution in [2.45, 2.75) is 27.2 Å². The van der Waals surface area contributed by atoms with Crippen LogP contribution in [0.15, 0.2) is 47.4 Å². The van der Waals surface area contributed by atoms with E-state index >= 15 is 0 Å². The van der Waals surface area contributed by atoms with Gasteiger partial charge in [-0.2, -0.15) is 0 Å². The van der Waals surface area contributed by atoms with Crippen LogP contribution in [0.2, 0.25) is 0 Å². The number of benzene rings is 2. The lowest BCUT2D eigenvalue weighted by atomic mass is 10.1. The maximum absolute atomic E-state index is 12.4. The van der Waals surface area contributed by atoms with E-state index in [2.05, 4.69) is 25.1 Å². The molecule has 0 atom stereocenters. The fourth-order valence-corrected chi connectivity index (χ4v) is 4.31. The number of likely N-dealkylation sites (N-methyl/N-ethyl adjacent to an activating group) is 1. The first kappa shape index (κ1) is 21.4. The van der Waals surface area contributed by atoms with Crippen molar-refractivity contribution in [2.75, 3.05) is 19.8 Å². The zero-order valence-electron chi connectivity index (χ0n) is 16.9. The van der Waals surface area contributed by atoms with Crippen LogP contribution < -0.4 is 9.47 Å². The number of carbonyl (C=O) groups excluding carboxylic acids is 1. The zero-order valence-corrected chi connectivity index (χ0v) is 18.6. The van der Waals surface area contributed by atoms with Crippen LogP contribution in [0.4, 0.5) is 0 Å². The molecule has 1 amide bonds. The first-order chi connectivity index (χ1) is 14.0. The van der Waals surface area contributed by atoms with Gasteiger partial charge in [0.1, 0.15) is 15.8 Å². The summed E-state index contributed by atoms with van der Waals surface area (Å²) in [5, 5.41) is 0. The van der Waals surface area contributed by atoms with E-state index in [1.807, 2.05) is 44.2 Å². The highest BCUT2D eigenvalue weighted by molar-refractivity contribution is 8.26. The molecule has 2 aromatic rings. The van der Waals surface area contributed by atoms with Crippen molar-refractivity contribution < 1.29 is 14.3 Å². The number of ether oxygens (including phenoxy) is 2. The average Bonchev–Trinajstić information content (AvgIpc) is 2.97. The zero-order chi connectivity index (χ0) is 20.8. The Hall–Kier alpha value is -2.31. The summed E-state index contributed by atoms with van der Waals surface area (Å²) in [6.07, 6.45) is 2.62. The molecule has 0 spiro atoms. The molecular formula is C23H25NO3S2. The van der Waals surface area contributed by atoms with E-state index in [0.717, 1.165) is 29.0 Å². The van der Waals surface area contributed by atoms with Crippen molar-refractivity contribution in [1.82, 2.24) is 4.90 Å². The molecule has 1 aliphatic rings. The minimum absolute atomic E-state index is 0.0424. The summed E-state index contributed by atoms with van der Waals surface area (Å²) >= 11 is 6.62. The number of hydrogen-bond donors (Lipinski definition) is 0. The van der Waals surface area contributed by atoms with Gasteiger partial charge >= 0.3 is 0 Å². The molecule has 29 heavy (non-hydrogen) atoms. The van der Waals surface area contributed by atoms with Crippen LogP contribution in [0.25, 0.3) is 6.08 Å². The lowest BCUT2D eigenvalue weighted by Crippen LogP contribution is -2.27. The molecule has 0 aliphatic carbocycles. The van der Waals surface area contributed by atoms with Gasteiger partial charge in [0.2, 0.25) is 0 Å². The van der Waals surface area contributed by atoms with Crippen LogP contribution in [-0.2, 0) is 4.79 Å². The molecule has 0 radical (unpaired) electrons. The molecule has 0 bridgehead atoms. The van der Waals surface area contributed by atoms with Crippen LogP contribution in [0.1, 0.15) is 30.0 Å². The Labute approximate surface area is 181 Å². The largest absolute Gasteiger partial charge is 0.493 e. The van der Waals surface area contributed by atoms with Gasteiger partial charge in [-0.3, -0.25) is 9.69 Å². The number of thiocarbonyl (C=S) groups is 1. The maximum Gasteiger partial charge on any atom is 0.266 e. The van der Waals surface area contributed by atoms with E-state index in [9.17, 15) is 4.79 Å². The summed E-state index contributed by atoms with van der Waals surface area (Å²) < 4.78 is 12.4. The molecule has 1 saturated heterocycles. The van der Waals surface area contributed by atoms with Crippen molar-refractivity contribution in [2.24, 2.45) is 0 Å². The van der Waals surface area contributed by atoms with E-state index in [-0.39, 0.29) is 5.91 Å². The lowest BCUT2D eigenvalue weighted by molar-refractivity contribution is -0.121. The molecule has 4 nitrogen and oxygen atoms in total. The summed E-state index contributed by atoms with van der Waals surface area (Å²) in [5.74, 6) is 1.63. The predicted molar refractivity (Wildman–Crippen MR) is 124 cm³/mol. The van der Waals surface area contributed by atoms with Crippen molar-refractivity contribution >= 4 is 40.3 Å². The van der Waals surface area contributed by atoms with E-state index in [1.165, 1.54) is 17.3 Å². The smallest absolute Gasteiger partial charge is 0.266 e. The highest BCUT2D eigenvalue weighted by Gasteiger charge is 2.30.